The van der Waals surface area contributed by atoms with Crippen LogP contribution in [-0.4, -0.2) is 45.6 Å². The van der Waals surface area contributed by atoms with Crippen molar-refractivity contribution in [1.29, 1.82) is 0 Å². The molecule has 3 heterocycles. The Morgan fingerprint density at radius 3 is 2.91 bits per heavy atom. The number of benzene rings is 1. The molecule has 1 aromatic heterocycles. The summed E-state index contributed by atoms with van der Waals surface area (Å²) in [5.74, 6) is 0.539. The molecule has 2 saturated heterocycles. The Morgan fingerprint density at radius 2 is 2.09 bits per heavy atom. The highest BCUT2D eigenvalue weighted by Gasteiger charge is 2.34. The average Bonchev–Trinajstić information content (AvgIpc) is 3.14. The van der Waals surface area contributed by atoms with E-state index in [4.69, 9.17) is 0 Å². The van der Waals surface area contributed by atoms with Gasteiger partial charge in [-0.05, 0) is 49.6 Å². The Hall–Kier alpha value is -1.79. The lowest BCUT2D eigenvalue weighted by atomic mass is 9.94. The molecule has 5 nitrogen and oxygen atoms in total. The van der Waals surface area contributed by atoms with Gasteiger partial charge in [-0.1, -0.05) is 5.21 Å². The molecule has 0 unspecified atom stereocenters. The molecule has 116 valence electrons. The molecule has 1 aromatic carbocycles. The quantitative estimate of drug-likeness (QED) is 0.935. The van der Waals surface area contributed by atoms with Crippen LogP contribution in [0.2, 0.25) is 0 Å². The molecule has 2 aromatic rings. The summed E-state index contributed by atoms with van der Waals surface area (Å²) in [6.45, 7) is 4.21. The molecular formula is C16H20FN5. The van der Waals surface area contributed by atoms with Crippen LogP contribution in [0.1, 0.15) is 18.5 Å². The highest BCUT2D eigenvalue weighted by Crippen LogP contribution is 2.25. The SMILES string of the molecule is Fc1ccc(-n2cc(CN3C[C@@H]4CCCN[C@@H]4C3)nn2)cc1. The summed E-state index contributed by atoms with van der Waals surface area (Å²) in [6.07, 6.45) is 4.55. The Kier molecular flexibility index (Phi) is 3.63. The van der Waals surface area contributed by atoms with Crippen molar-refractivity contribution < 1.29 is 4.39 Å². The van der Waals surface area contributed by atoms with Crippen molar-refractivity contribution in [2.75, 3.05) is 19.6 Å². The van der Waals surface area contributed by atoms with Crippen LogP contribution >= 0.6 is 0 Å². The van der Waals surface area contributed by atoms with E-state index < -0.39 is 0 Å². The molecule has 2 fully saturated rings. The van der Waals surface area contributed by atoms with Crippen LogP contribution < -0.4 is 5.32 Å². The Balaban J connectivity index is 1.43. The summed E-state index contributed by atoms with van der Waals surface area (Å²) in [5.41, 5.74) is 1.79. The van der Waals surface area contributed by atoms with Crippen LogP contribution in [0.15, 0.2) is 30.5 Å². The normalized spacial score (nSPS) is 25.3. The van der Waals surface area contributed by atoms with E-state index in [9.17, 15) is 4.39 Å². The monoisotopic (exact) mass is 301 g/mol. The molecule has 0 aliphatic carbocycles. The van der Waals surface area contributed by atoms with Crippen molar-refractivity contribution in [1.82, 2.24) is 25.2 Å². The van der Waals surface area contributed by atoms with Gasteiger partial charge in [0.25, 0.3) is 0 Å². The summed E-state index contributed by atoms with van der Waals surface area (Å²) in [7, 11) is 0. The Bertz CT molecular complexity index is 624. The third-order valence-corrected chi connectivity index (χ3v) is 4.69. The molecule has 22 heavy (non-hydrogen) atoms. The summed E-state index contributed by atoms with van der Waals surface area (Å²) < 4.78 is 14.7. The van der Waals surface area contributed by atoms with E-state index in [1.165, 1.54) is 25.0 Å². The number of nitrogens with zero attached hydrogens (tertiary/aromatic N) is 4. The number of piperidine rings is 1. The molecule has 2 aliphatic heterocycles. The topological polar surface area (TPSA) is 46.0 Å². The maximum atomic E-state index is 13.0. The fourth-order valence-electron chi connectivity index (χ4n) is 3.59. The van der Waals surface area contributed by atoms with Gasteiger partial charge in [0.05, 0.1) is 17.6 Å². The van der Waals surface area contributed by atoms with Crippen LogP contribution in [-0.2, 0) is 6.54 Å². The largest absolute Gasteiger partial charge is 0.312 e. The summed E-state index contributed by atoms with van der Waals surface area (Å²) >= 11 is 0. The zero-order valence-corrected chi connectivity index (χ0v) is 12.5. The maximum absolute atomic E-state index is 13.0. The van der Waals surface area contributed by atoms with Crippen molar-refractivity contribution in [3.05, 3.63) is 42.0 Å². The number of nitrogens with one attached hydrogen (secondary N) is 1. The van der Waals surface area contributed by atoms with Crippen LogP contribution in [0, 0.1) is 11.7 Å². The molecule has 0 saturated carbocycles. The fraction of sp³-hybridized carbons (Fsp3) is 0.500. The highest BCUT2D eigenvalue weighted by molar-refractivity contribution is 5.30. The first-order chi connectivity index (χ1) is 10.8. The first kappa shape index (κ1) is 13.8. The van der Waals surface area contributed by atoms with E-state index in [-0.39, 0.29) is 5.82 Å². The minimum atomic E-state index is -0.240. The zero-order valence-electron chi connectivity index (χ0n) is 12.5. The van der Waals surface area contributed by atoms with E-state index in [1.807, 2.05) is 6.20 Å². The standard InChI is InChI=1S/C16H20FN5/c17-13-3-5-15(6-4-13)22-10-14(19-20-22)9-21-8-12-2-1-7-18-16(12)11-21/h3-6,10,12,16,18H,1-2,7-9,11H2/t12-,16+/m0/s1. The number of aromatic nitrogens is 3. The lowest BCUT2D eigenvalue weighted by molar-refractivity contribution is 0.309. The third-order valence-electron chi connectivity index (χ3n) is 4.69. The lowest BCUT2D eigenvalue weighted by Gasteiger charge is -2.24. The van der Waals surface area contributed by atoms with Gasteiger partial charge in [-0.3, -0.25) is 4.90 Å². The first-order valence-corrected chi connectivity index (χ1v) is 7.91. The molecule has 2 atom stereocenters. The smallest absolute Gasteiger partial charge is 0.123 e. The molecule has 0 bridgehead atoms. The number of hydrogen-bond acceptors (Lipinski definition) is 4. The van der Waals surface area contributed by atoms with Crippen molar-refractivity contribution in [2.24, 2.45) is 5.92 Å². The van der Waals surface area contributed by atoms with Gasteiger partial charge < -0.3 is 5.32 Å². The van der Waals surface area contributed by atoms with Crippen molar-refractivity contribution in [3.63, 3.8) is 0 Å². The summed E-state index contributed by atoms with van der Waals surface area (Å²) in [6, 6.07) is 6.94. The van der Waals surface area contributed by atoms with Crippen molar-refractivity contribution >= 4 is 0 Å². The third kappa shape index (κ3) is 2.76. The second-order valence-electron chi connectivity index (χ2n) is 6.29. The zero-order chi connectivity index (χ0) is 14.9. The van der Waals surface area contributed by atoms with Crippen molar-refractivity contribution in [2.45, 2.75) is 25.4 Å². The van der Waals surface area contributed by atoms with Crippen molar-refractivity contribution in [3.8, 4) is 5.69 Å². The predicted molar refractivity (Wildman–Crippen MR) is 81.1 cm³/mol. The number of fused-ring (bicyclic) bond motifs is 1. The molecule has 0 spiro atoms. The Morgan fingerprint density at radius 1 is 1.23 bits per heavy atom. The van der Waals surface area contributed by atoms with Gasteiger partial charge in [0.15, 0.2) is 0 Å². The molecule has 0 radical (unpaired) electrons. The molecule has 1 N–H and O–H groups in total. The van der Waals surface area contributed by atoms with Crippen LogP contribution in [0.4, 0.5) is 4.39 Å². The summed E-state index contributed by atoms with van der Waals surface area (Å²) in [5, 5.41) is 12.0. The number of rotatable bonds is 3. The molecule has 6 heteroatoms. The highest BCUT2D eigenvalue weighted by atomic mass is 19.1. The number of likely N-dealkylation sites (tertiary alicyclic amines) is 1. The minimum absolute atomic E-state index is 0.240. The fourth-order valence-corrected chi connectivity index (χ4v) is 3.59. The predicted octanol–water partition coefficient (Wildman–Crippen LogP) is 1.59. The van der Waals surface area contributed by atoms with E-state index in [2.05, 4.69) is 20.5 Å². The second kappa shape index (κ2) is 5.78. The van der Waals surface area contributed by atoms with Gasteiger partial charge in [-0.15, -0.1) is 5.10 Å². The molecule has 2 aliphatic rings. The molecular weight excluding hydrogens is 281 g/mol. The Labute approximate surface area is 129 Å². The minimum Gasteiger partial charge on any atom is -0.312 e. The number of halogens is 1. The van der Waals surface area contributed by atoms with Gasteiger partial charge >= 0.3 is 0 Å². The van der Waals surface area contributed by atoms with Gasteiger partial charge in [-0.25, -0.2) is 9.07 Å². The lowest BCUT2D eigenvalue weighted by Crippen LogP contribution is -2.40. The van der Waals surface area contributed by atoms with E-state index in [0.717, 1.165) is 43.5 Å². The van der Waals surface area contributed by atoms with E-state index in [0.29, 0.717) is 6.04 Å². The van der Waals surface area contributed by atoms with E-state index in [1.54, 1.807) is 16.8 Å². The average molecular weight is 301 g/mol. The van der Waals surface area contributed by atoms with Crippen LogP contribution in [0.25, 0.3) is 5.69 Å². The molecule has 0 amide bonds. The maximum Gasteiger partial charge on any atom is 0.123 e. The second-order valence-corrected chi connectivity index (χ2v) is 6.29. The van der Waals surface area contributed by atoms with Gasteiger partial charge in [0, 0.05) is 25.7 Å². The first-order valence-electron chi connectivity index (χ1n) is 7.91. The van der Waals surface area contributed by atoms with E-state index >= 15 is 0 Å². The van der Waals surface area contributed by atoms with Gasteiger partial charge in [0.1, 0.15) is 5.82 Å². The van der Waals surface area contributed by atoms with Crippen LogP contribution in [0.3, 0.4) is 0 Å². The van der Waals surface area contributed by atoms with Crippen LogP contribution in [0.5, 0.6) is 0 Å². The number of hydrogen-bond donors (Lipinski definition) is 1. The molecule has 4 rings (SSSR count). The van der Waals surface area contributed by atoms with Gasteiger partial charge in [-0.2, -0.15) is 0 Å². The summed E-state index contributed by atoms with van der Waals surface area (Å²) in [4.78, 5) is 2.45. The van der Waals surface area contributed by atoms with Gasteiger partial charge in [0.2, 0.25) is 0 Å².